The largest absolute Gasteiger partial charge is 0.497 e. The van der Waals surface area contributed by atoms with E-state index < -0.39 is 0 Å². The molecule has 0 aliphatic rings. The zero-order chi connectivity index (χ0) is 16.4. The molecule has 0 unspecified atom stereocenters. The molecule has 1 aromatic carbocycles. The Kier molecular flexibility index (Phi) is 4.34. The van der Waals surface area contributed by atoms with Crippen molar-refractivity contribution in [3.63, 3.8) is 0 Å². The monoisotopic (exact) mass is 329 g/mol. The first-order chi connectivity index (χ1) is 11.1. The van der Waals surface area contributed by atoms with E-state index in [0.29, 0.717) is 12.2 Å². The number of aromatic nitrogens is 2. The maximum atomic E-state index is 12.2. The minimum Gasteiger partial charge on any atom is -0.497 e. The quantitative estimate of drug-likeness (QED) is 0.755. The maximum absolute atomic E-state index is 12.2. The van der Waals surface area contributed by atoms with E-state index in [-0.39, 0.29) is 5.91 Å². The smallest absolute Gasteiger partial charge is 0.271 e. The van der Waals surface area contributed by atoms with Crippen LogP contribution in [0.25, 0.3) is 10.9 Å². The second-order valence-corrected chi connectivity index (χ2v) is 6.78. The molecular weight excluding hydrogens is 310 g/mol. The van der Waals surface area contributed by atoms with E-state index in [9.17, 15) is 4.79 Å². The normalized spacial score (nSPS) is 10.9. The van der Waals surface area contributed by atoms with Gasteiger partial charge >= 0.3 is 0 Å². The number of aromatic amines is 1. The van der Waals surface area contributed by atoms with Crippen LogP contribution in [0.1, 0.15) is 25.9 Å². The third-order valence-corrected chi connectivity index (χ3v) is 4.66. The molecule has 1 amide bonds. The van der Waals surface area contributed by atoms with Crippen LogP contribution in [0.15, 0.2) is 24.4 Å². The SMILES string of the molecule is COc1ccc2[nH]cc(CCNC(=O)c3nc(C)sc3C)c2c1. The number of hydrogen-bond acceptors (Lipinski definition) is 4. The molecule has 0 aliphatic heterocycles. The second kappa shape index (κ2) is 6.42. The van der Waals surface area contributed by atoms with Crippen LogP contribution < -0.4 is 10.1 Å². The van der Waals surface area contributed by atoms with Gasteiger partial charge in [-0.2, -0.15) is 0 Å². The molecule has 0 spiro atoms. The summed E-state index contributed by atoms with van der Waals surface area (Å²) in [6, 6.07) is 5.94. The van der Waals surface area contributed by atoms with Crippen molar-refractivity contribution in [1.82, 2.24) is 15.3 Å². The van der Waals surface area contributed by atoms with Crippen LogP contribution in [0.4, 0.5) is 0 Å². The van der Waals surface area contributed by atoms with E-state index in [1.807, 2.05) is 38.2 Å². The van der Waals surface area contributed by atoms with E-state index in [1.54, 1.807) is 18.4 Å². The van der Waals surface area contributed by atoms with Crippen molar-refractivity contribution in [2.24, 2.45) is 0 Å². The van der Waals surface area contributed by atoms with Gasteiger partial charge in [-0.05, 0) is 44.0 Å². The van der Waals surface area contributed by atoms with Crippen molar-refractivity contribution in [2.75, 3.05) is 13.7 Å². The highest BCUT2D eigenvalue weighted by molar-refractivity contribution is 7.11. The first-order valence-corrected chi connectivity index (χ1v) is 8.26. The number of ether oxygens (including phenoxy) is 1. The number of fused-ring (bicyclic) bond motifs is 1. The number of aryl methyl sites for hydroxylation is 2. The molecule has 6 heteroatoms. The average Bonchev–Trinajstić information content (AvgIpc) is 3.09. The summed E-state index contributed by atoms with van der Waals surface area (Å²) in [5.74, 6) is 0.722. The molecule has 23 heavy (non-hydrogen) atoms. The van der Waals surface area contributed by atoms with Crippen LogP contribution in [-0.4, -0.2) is 29.5 Å². The summed E-state index contributed by atoms with van der Waals surface area (Å²) < 4.78 is 5.27. The summed E-state index contributed by atoms with van der Waals surface area (Å²) in [4.78, 5) is 20.7. The van der Waals surface area contributed by atoms with Gasteiger partial charge in [0.15, 0.2) is 0 Å². The Morgan fingerprint density at radius 3 is 2.91 bits per heavy atom. The van der Waals surface area contributed by atoms with Crippen molar-refractivity contribution < 1.29 is 9.53 Å². The number of amides is 1. The van der Waals surface area contributed by atoms with E-state index in [0.717, 1.165) is 38.5 Å². The fraction of sp³-hybridized carbons (Fsp3) is 0.294. The summed E-state index contributed by atoms with van der Waals surface area (Å²) in [5.41, 5.74) is 2.76. The predicted molar refractivity (Wildman–Crippen MR) is 92.5 cm³/mol. The summed E-state index contributed by atoms with van der Waals surface area (Å²) in [5, 5.41) is 4.98. The molecule has 0 fully saturated rings. The highest BCUT2D eigenvalue weighted by atomic mass is 32.1. The number of carbonyl (C=O) groups excluding carboxylic acids is 1. The topological polar surface area (TPSA) is 67.0 Å². The number of nitrogens with one attached hydrogen (secondary N) is 2. The van der Waals surface area contributed by atoms with E-state index in [2.05, 4.69) is 15.3 Å². The summed E-state index contributed by atoms with van der Waals surface area (Å²) in [7, 11) is 1.66. The lowest BCUT2D eigenvalue weighted by molar-refractivity contribution is 0.0949. The predicted octanol–water partition coefficient (Wildman–Crippen LogP) is 3.22. The highest BCUT2D eigenvalue weighted by Gasteiger charge is 2.13. The van der Waals surface area contributed by atoms with Gasteiger partial charge in [0, 0.05) is 28.5 Å². The molecule has 2 heterocycles. The first kappa shape index (κ1) is 15.6. The van der Waals surface area contributed by atoms with Crippen LogP contribution in [0.5, 0.6) is 5.75 Å². The summed E-state index contributed by atoms with van der Waals surface area (Å²) in [6.45, 7) is 4.40. The molecule has 0 bridgehead atoms. The zero-order valence-electron chi connectivity index (χ0n) is 13.4. The Morgan fingerprint density at radius 1 is 1.39 bits per heavy atom. The fourth-order valence-electron chi connectivity index (χ4n) is 2.63. The van der Waals surface area contributed by atoms with Crippen LogP contribution in [-0.2, 0) is 6.42 Å². The molecule has 2 N–H and O–H groups in total. The number of thiazole rings is 1. The van der Waals surface area contributed by atoms with Gasteiger partial charge in [0.25, 0.3) is 5.91 Å². The third kappa shape index (κ3) is 3.22. The van der Waals surface area contributed by atoms with E-state index >= 15 is 0 Å². The molecule has 120 valence electrons. The van der Waals surface area contributed by atoms with E-state index in [4.69, 9.17) is 4.74 Å². The average molecular weight is 329 g/mol. The van der Waals surface area contributed by atoms with Gasteiger partial charge in [0.2, 0.25) is 0 Å². The van der Waals surface area contributed by atoms with Crippen LogP contribution >= 0.6 is 11.3 Å². The Morgan fingerprint density at radius 2 is 2.22 bits per heavy atom. The molecule has 0 saturated heterocycles. The van der Waals surface area contributed by atoms with Gasteiger partial charge in [-0.25, -0.2) is 4.98 Å². The number of benzene rings is 1. The van der Waals surface area contributed by atoms with Crippen molar-refractivity contribution in [1.29, 1.82) is 0 Å². The van der Waals surface area contributed by atoms with Crippen LogP contribution in [0.3, 0.4) is 0 Å². The standard InChI is InChI=1S/C17H19N3O2S/c1-10-16(20-11(2)23-10)17(21)18-7-6-12-9-19-15-5-4-13(22-3)8-14(12)15/h4-5,8-9,19H,6-7H2,1-3H3,(H,18,21). The Balaban J connectivity index is 1.67. The minimum atomic E-state index is -0.107. The van der Waals surface area contributed by atoms with Crippen LogP contribution in [0, 0.1) is 13.8 Å². The highest BCUT2D eigenvalue weighted by Crippen LogP contribution is 2.23. The summed E-state index contributed by atoms with van der Waals surface area (Å²) in [6.07, 6.45) is 2.73. The Bertz CT molecular complexity index is 851. The van der Waals surface area contributed by atoms with Gasteiger partial charge in [0.1, 0.15) is 11.4 Å². The van der Waals surface area contributed by atoms with Gasteiger partial charge in [-0.3, -0.25) is 4.79 Å². The maximum Gasteiger partial charge on any atom is 0.271 e. The lowest BCUT2D eigenvalue weighted by atomic mass is 10.1. The lowest BCUT2D eigenvalue weighted by Gasteiger charge is -2.04. The number of hydrogen-bond donors (Lipinski definition) is 2. The molecule has 0 saturated carbocycles. The van der Waals surface area contributed by atoms with Gasteiger partial charge in [-0.1, -0.05) is 0 Å². The number of methoxy groups -OCH3 is 1. The van der Waals surface area contributed by atoms with Crippen molar-refractivity contribution in [3.05, 3.63) is 45.5 Å². The lowest BCUT2D eigenvalue weighted by Crippen LogP contribution is -2.26. The van der Waals surface area contributed by atoms with Crippen molar-refractivity contribution >= 4 is 28.1 Å². The molecule has 3 aromatic rings. The van der Waals surface area contributed by atoms with Gasteiger partial charge in [0.05, 0.1) is 12.1 Å². The van der Waals surface area contributed by atoms with E-state index in [1.165, 1.54) is 0 Å². The Hall–Kier alpha value is -2.34. The number of nitrogens with zero attached hydrogens (tertiary/aromatic N) is 1. The summed E-state index contributed by atoms with van der Waals surface area (Å²) >= 11 is 1.54. The van der Waals surface area contributed by atoms with Gasteiger partial charge < -0.3 is 15.0 Å². The molecule has 3 rings (SSSR count). The van der Waals surface area contributed by atoms with Gasteiger partial charge in [-0.15, -0.1) is 11.3 Å². The van der Waals surface area contributed by atoms with Crippen molar-refractivity contribution in [2.45, 2.75) is 20.3 Å². The third-order valence-electron chi connectivity index (χ3n) is 3.77. The molecule has 5 nitrogen and oxygen atoms in total. The minimum absolute atomic E-state index is 0.107. The molecule has 0 atom stereocenters. The number of rotatable bonds is 5. The molecule has 0 radical (unpaired) electrons. The zero-order valence-corrected chi connectivity index (χ0v) is 14.2. The first-order valence-electron chi connectivity index (χ1n) is 7.44. The molecular formula is C17H19N3O2S. The molecule has 0 aliphatic carbocycles. The van der Waals surface area contributed by atoms with Crippen LogP contribution in [0.2, 0.25) is 0 Å². The van der Waals surface area contributed by atoms with Crippen molar-refractivity contribution in [3.8, 4) is 5.75 Å². The Labute approximate surface area is 138 Å². The number of carbonyl (C=O) groups is 1. The second-order valence-electron chi connectivity index (χ2n) is 5.37. The molecule has 2 aromatic heterocycles. The number of H-pyrrole nitrogens is 1. The fourth-order valence-corrected chi connectivity index (χ4v) is 3.44.